The average molecular weight is 546 g/mol. The molecule has 1 heterocycles. The Morgan fingerprint density at radius 1 is 1.08 bits per heavy atom. The number of fused-ring (bicyclic) bond motifs is 1. The molecule has 8 nitrogen and oxygen atoms in total. The summed E-state index contributed by atoms with van der Waals surface area (Å²) in [6, 6.07) is 17.5. The predicted octanol–water partition coefficient (Wildman–Crippen LogP) is 4.97. The van der Waals surface area contributed by atoms with Crippen molar-refractivity contribution in [2.24, 2.45) is 0 Å². The molecule has 188 valence electrons. The largest absolute Gasteiger partial charge is 0.492 e. The maximum absolute atomic E-state index is 13.6. The van der Waals surface area contributed by atoms with Gasteiger partial charge in [0.2, 0.25) is 5.91 Å². The Labute approximate surface area is 217 Å². The Hall–Kier alpha value is -3.34. The minimum absolute atomic E-state index is 0.0156. The topological polar surface area (TPSA) is 97.7 Å². The second kappa shape index (κ2) is 10.7. The summed E-state index contributed by atoms with van der Waals surface area (Å²) >= 11 is 7.04. The first kappa shape index (κ1) is 25.7. The van der Waals surface area contributed by atoms with Gasteiger partial charge in [-0.3, -0.25) is 18.5 Å². The van der Waals surface area contributed by atoms with Crippen LogP contribution in [0.15, 0.2) is 76.4 Å². The summed E-state index contributed by atoms with van der Waals surface area (Å²) in [5.41, 5.74) is 1.47. The number of aromatic nitrogens is 1. The number of ether oxygens (including phenoxy) is 1. The number of hydrogen-bond acceptors (Lipinski definition) is 6. The number of nitrogens with zero attached hydrogens (tertiary/aromatic N) is 2. The fourth-order valence-corrected chi connectivity index (χ4v) is 6.30. The van der Waals surface area contributed by atoms with Crippen LogP contribution in [0.4, 0.5) is 11.4 Å². The molecule has 0 bridgehead atoms. The van der Waals surface area contributed by atoms with Crippen molar-refractivity contribution in [1.82, 2.24) is 4.57 Å². The molecule has 0 fully saturated rings. The van der Waals surface area contributed by atoms with E-state index in [0.29, 0.717) is 29.6 Å². The molecule has 3 aromatic carbocycles. The van der Waals surface area contributed by atoms with E-state index < -0.39 is 22.5 Å². The molecule has 1 amide bonds. The maximum atomic E-state index is 13.6. The molecule has 11 heteroatoms. The molecule has 0 aliphatic rings. The summed E-state index contributed by atoms with van der Waals surface area (Å²) in [6.07, 6.45) is 0. The number of halogens is 1. The lowest BCUT2D eigenvalue weighted by Crippen LogP contribution is -2.38. The Morgan fingerprint density at radius 2 is 1.81 bits per heavy atom. The predicted molar refractivity (Wildman–Crippen MR) is 144 cm³/mol. The molecule has 0 unspecified atom stereocenters. The maximum Gasteiger partial charge on any atom is 0.308 e. The van der Waals surface area contributed by atoms with E-state index in [-0.39, 0.29) is 15.5 Å². The van der Waals surface area contributed by atoms with E-state index in [0.717, 1.165) is 25.9 Å². The van der Waals surface area contributed by atoms with Crippen molar-refractivity contribution >= 4 is 60.5 Å². The first-order valence-electron chi connectivity index (χ1n) is 11.2. The lowest BCUT2D eigenvalue weighted by molar-refractivity contribution is -0.114. The summed E-state index contributed by atoms with van der Waals surface area (Å²) in [5.74, 6) is -0.224. The molecule has 0 radical (unpaired) electrons. The molecular weight excluding hydrogens is 522 g/mol. The van der Waals surface area contributed by atoms with E-state index in [1.54, 1.807) is 54.0 Å². The van der Waals surface area contributed by atoms with E-state index in [4.69, 9.17) is 16.3 Å². The van der Waals surface area contributed by atoms with Gasteiger partial charge in [-0.05, 0) is 68.4 Å². The van der Waals surface area contributed by atoms with E-state index in [1.807, 2.05) is 6.92 Å². The average Bonchev–Trinajstić information content (AvgIpc) is 3.17. The van der Waals surface area contributed by atoms with Crippen LogP contribution >= 0.6 is 22.9 Å². The van der Waals surface area contributed by atoms with Crippen LogP contribution < -0.4 is 19.2 Å². The third kappa shape index (κ3) is 5.25. The van der Waals surface area contributed by atoms with Crippen molar-refractivity contribution in [2.45, 2.75) is 25.3 Å². The summed E-state index contributed by atoms with van der Waals surface area (Å²) in [6.45, 7) is 4.04. The van der Waals surface area contributed by atoms with Crippen LogP contribution in [0, 0.1) is 0 Å². The normalized spacial score (nSPS) is 11.4. The second-order valence-electron chi connectivity index (χ2n) is 7.71. The quantitative estimate of drug-likeness (QED) is 0.320. The Balaban J connectivity index is 1.68. The number of aryl methyl sites for hydroxylation is 1. The van der Waals surface area contributed by atoms with Crippen molar-refractivity contribution in [3.8, 4) is 5.75 Å². The molecule has 4 rings (SSSR count). The zero-order valence-corrected chi connectivity index (χ0v) is 22.0. The van der Waals surface area contributed by atoms with Gasteiger partial charge in [0, 0.05) is 17.3 Å². The number of nitrogens with one attached hydrogen (secondary N) is 1. The van der Waals surface area contributed by atoms with Crippen molar-refractivity contribution < 1.29 is 17.9 Å². The first-order valence-corrected chi connectivity index (χ1v) is 13.8. The van der Waals surface area contributed by atoms with E-state index >= 15 is 0 Å². The lowest BCUT2D eigenvalue weighted by atomic mass is 10.2. The number of amides is 1. The minimum Gasteiger partial charge on any atom is -0.492 e. The Kier molecular flexibility index (Phi) is 7.67. The standard InChI is InChI=1S/C25H24ClN3O5S2/c1-3-28-21-14-11-18(15-23(21)35-25(28)31)27-24(30)16-29(20-7-5-6-8-22(20)34-4-2)36(32,33)19-12-9-17(26)10-13-19/h5-15H,3-4,16H2,1-2H3,(H,27,30). The van der Waals surface area contributed by atoms with E-state index in [2.05, 4.69) is 5.32 Å². The fourth-order valence-electron chi connectivity index (χ4n) is 3.75. The van der Waals surface area contributed by atoms with Crippen molar-refractivity contribution in [3.05, 3.63) is 81.4 Å². The van der Waals surface area contributed by atoms with Gasteiger partial charge in [0.15, 0.2) is 0 Å². The molecule has 0 aliphatic heterocycles. The van der Waals surface area contributed by atoms with Crippen LogP contribution in [0.3, 0.4) is 0 Å². The van der Waals surface area contributed by atoms with Crippen molar-refractivity contribution in [1.29, 1.82) is 0 Å². The zero-order valence-electron chi connectivity index (χ0n) is 19.6. The smallest absolute Gasteiger partial charge is 0.308 e. The third-order valence-electron chi connectivity index (χ3n) is 5.39. The molecule has 0 saturated carbocycles. The number of anilines is 2. The Morgan fingerprint density at radius 3 is 2.50 bits per heavy atom. The van der Waals surface area contributed by atoms with E-state index in [9.17, 15) is 18.0 Å². The van der Waals surface area contributed by atoms with Crippen LogP contribution in [0.1, 0.15) is 13.8 Å². The van der Waals surface area contributed by atoms with Gasteiger partial charge in [-0.2, -0.15) is 0 Å². The summed E-state index contributed by atoms with van der Waals surface area (Å²) in [5, 5.41) is 3.14. The SMILES string of the molecule is CCOc1ccccc1N(CC(=O)Nc1ccc2c(c1)sc(=O)n2CC)S(=O)(=O)c1ccc(Cl)cc1. The van der Waals surface area contributed by atoms with Gasteiger partial charge in [0.1, 0.15) is 12.3 Å². The van der Waals surface area contributed by atoms with Crippen molar-refractivity contribution in [2.75, 3.05) is 22.8 Å². The Bertz CT molecular complexity index is 1560. The van der Waals surface area contributed by atoms with Crippen LogP contribution in [-0.4, -0.2) is 32.0 Å². The highest BCUT2D eigenvalue weighted by atomic mass is 35.5. The molecular formula is C25H24ClN3O5S2. The van der Waals surface area contributed by atoms with Crippen LogP contribution in [0.5, 0.6) is 5.75 Å². The van der Waals surface area contributed by atoms with Crippen LogP contribution in [-0.2, 0) is 21.4 Å². The number of sulfonamides is 1. The van der Waals surface area contributed by atoms with Gasteiger partial charge in [-0.1, -0.05) is 35.1 Å². The van der Waals surface area contributed by atoms with Gasteiger partial charge in [0.25, 0.3) is 10.0 Å². The van der Waals surface area contributed by atoms with Gasteiger partial charge < -0.3 is 10.1 Å². The molecule has 1 N–H and O–H groups in total. The highest BCUT2D eigenvalue weighted by Crippen LogP contribution is 2.33. The molecule has 36 heavy (non-hydrogen) atoms. The number of para-hydroxylation sites is 2. The number of hydrogen-bond donors (Lipinski definition) is 1. The highest BCUT2D eigenvalue weighted by molar-refractivity contribution is 7.92. The van der Waals surface area contributed by atoms with Gasteiger partial charge in [0.05, 0.1) is 27.4 Å². The number of carbonyl (C=O) groups is 1. The summed E-state index contributed by atoms with van der Waals surface area (Å²) in [4.78, 5) is 25.2. The fraction of sp³-hybridized carbons (Fsp3) is 0.200. The number of benzene rings is 3. The second-order valence-corrected chi connectivity index (χ2v) is 11.0. The van der Waals surface area contributed by atoms with Gasteiger partial charge in [-0.25, -0.2) is 8.42 Å². The molecule has 0 spiro atoms. The van der Waals surface area contributed by atoms with Crippen LogP contribution in [0.25, 0.3) is 10.2 Å². The zero-order chi connectivity index (χ0) is 25.9. The monoisotopic (exact) mass is 545 g/mol. The first-order chi connectivity index (χ1) is 17.2. The number of rotatable bonds is 9. The summed E-state index contributed by atoms with van der Waals surface area (Å²) < 4.78 is 36.3. The molecule has 1 aromatic heterocycles. The van der Waals surface area contributed by atoms with Gasteiger partial charge >= 0.3 is 4.87 Å². The van der Waals surface area contributed by atoms with Gasteiger partial charge in [-0.15, -0.1) is 0 Å². The number of thiazole rings is 1. The minimum atomic E-state index is -4.15. The van der Waals surface area contributed by atoms with E-state index in [1.165, 1.54) is 24.3 Å². The molecule has 0 saturated heterocycles. The molecule has 0 aliphatic carbocycles. The third-order valence-corrected chi connectivity index (χ3v) is 8.36. The lowest BCUT2D eigenvalue weighted by Gasteiger charge is -2.26. The number of carbonyl (C=O) groups excluding carboxylic acids is 1. The highest BCUT2D eigenvalue weighted by Gasteiger charge is 2.29. The molecule has 0 atom stereocenters. The van der Waals surface area contributed by atoms with Crippen molar-refractivity contribution in [3.63, 3.8) is 0 Å². The van der Waals surface area contributed by atoms with Crippen LogP contribution in [0.2, 0.25) is 5.02 Å². The molecule has 4 aromatic rings. The summed E-state index contributed by atoms with van der Waals surface area (Å²) in [7, 11) is -4.15.